The van der Waals surface area contributed by atoms with E-state index in [9.17, 15) is 9.59 Å². The Balaban J connectivity index is 2.77. The average molecular weight is 268 g/mol. The fourth-order valence-electron chi connectivity index (χ4n) is 1.78. The molecule has 6 nitrogen and oxygen atoms in total. The maximum atomic E-state index is 11.9. The van der Waals surface area contributed by atoms with Gasteiger partial charge in [0.05, 0.1) is 12.1 Å². The highest BCUT2D eigenvalue weighted by Crippen LogP contribution is 2.20. The Morgan fingerprint density at radius 3 is 2.32 bits per heavy atom. The van der Waals surface area contributed by atoms with Gasteiger partial charge in [-0.25, -0.2) is 4.79 Å². The van der Waals surface area contributed by atoms with Crippen LogP contribution in [0.4, 0.5) is 0 Å². The van der Waals surface area contributed by atoms with E-state index in [2.05, 4.69) is 10.5 Å². The molecule has 6 heteroatoms. The van der Waals surface area contributed by atoms with Crippen LogP contribution in [0.25, 0.3) is 0 Å². The number of carbonyl (C=O) groups is 2. The van der Waals surface area contributed by atoms with E-state index < -0.39 is 17.4 Å². The summed E-state index contributed by atoms with van der Waals surface area (Å²) in [6.07, 6.45) is 0.0705. The normalized spacial score (nSPS) is 13.1. The number of rotatable bonds is 4. The van der Waals surface area contributed by atoms with Crippen molar-refractivity contribution in [3.8, 4) is 0 Å². The second-order valence-electron chi connectivity index (χ2n) is 5.68. The van der Waals surface area contributed by atoms with Crippen molar-refractivity contribution in [3.63, 3.8) is 0 Å². The van der Waals surface area contributed by atoms with Gasteiger partial charge in [-0.15, -0.1) is 0 Å². The third-order valence-electron chi connectivity index (χ3n) is 2.94. The monoisotopic (exact) mass is 268 g/mol. The Kier molecular flexibility index (Phi) is 4.34. The van der Waals surface area contributed by atoms with E-state index in [1.54, 1.807) is 34.6 Å². The zero-order chi connectivity index (χ0) is 14.8. The van der Waals surface area contributed by atoms with E-state index in [0.717, 1.165) is 0 Å². The Morgan fingerprint density at radius 2 is 1.95 bits per heavy atom. The summed E-state index contributed by atoms with van der Waals surface area (Å²) in [5, 5.41) is 15.4. The molecule has 1 atom stereocenters. The second-order valence-corrected chi connectivity index (χ2v) is 5.68. The van der Waals surface area contributed by atoms with Gasteiger partial charge in [0.25, 0.3) is 0 Å². The van der Waals surface area contributed by atoms with E-state index in [0.29, 0.717) is 17.0 Å². The zero-order valence-corrected chi connectivity index (χ0v) is 11.9. The lowest BCUT2D eigenvalue weighted by Gasteiger charge is -2.27. The van der Waals surface area contributed by atoms with Gasteiger partial charge in [-0.05, 0) is 19.3 Å². The molecule has 0 aliphatic heterocycles. The number of carboxylic acid groups (broad SMARTS) is 1. The van der Waals surface area contributed by atoms with E-state index in [-0.39, 0.29) is 12.3 Å². The van der Waals surface area contributed by atoms with E-state index in [1.807, 2.05) is 0 Å². The molecular formula is C13H20N2O4. The Morgan fingerprint density at radius 1 is 1.37 bits per heavy atom. The molecule has 0 radical (unpaired) electrons. The lowest BCUT2D eigenvalue weighted by atomic mass is 9.86. The molecule has 19 heavy (non-hydrogen) atoms. The Labute approximate surface area is 112 Å². The Bertz CT molecular complexity index is 466. The van der Waals surface area contributed by atoms with Gasteiger partial charge in [0.2, 0.25) is 5.91 Å². The molecule has 2 N–H and O–H groups in total. The molecule has 0 aromatic carbocycles. The van der Waals surface area contributed by atoms with Gasteiger partial charge in [0, 0.05) is 5.56 Å². The highest BCUT2D eigenvalue weighted by molar-refractivity contribution is 5.85. The van der Waals surface area contributed by atoms with Gasteiger partial charge in [-0.1, -0.05) is 25.9 Å². The topological polar surface area (TPSA) is 92.4 Å². The molecule has 106 valence electrons. The second kappa shape index (κ2) is 5.42. The van der Waals surface area contributed by atoms with Crippen LogP contribution in [0, 0.1) is 19.3 Å². The standard InChI is InChI=1S/C13H20N2O4/c1-7-9(8(2)19-15-7)6-10(16)14-11(12(17)18)13(3,4)5/h11H,6H2,1-5H3,(H,14,16)(H,17,18)/t11-/m0/s1. The number of carboxylic acids is 1. The van der Waals surface area contributed by atoms with Crippen molar-refractivity contribution in [2.75, 3.05) is 0 Å². The highest BCUT2D eigenvalue weighted by Gasteiger charge is 2.32. The Hall–Kier alpha value is -1.85. The van der Waals surface area contributed by atoms with Crippen LogP contribution in [-0.2, 0) is 16.0 Å². The van der Waals surface area contributed by atoms with Gasteiger partial charge in [0.15, 0.2) is 0 Å². The third-order valence-corrected chi connectivity index (χ3v) is 2.94. The molecule has 0 aliphatic carbocycles. The lowest BCUT2D eigenvalue weighted by molar-refractivity contribution is -0.144. The quantitative estimate of drug-likeness (QED) is 0.862. The van der Waals surface area contributed by atoms with E-state index >= 15 is 0 Å². The highest BCUT2D eigenvalue weighted by atomic mass is 16.5. The molecule has 0 spiro atoms. The largest absolute Gasteiger partial charge is 0.480 e. The smallest absolute Gasteiger partial charge is 0.326 e. The number of nitrogens with one attached hydrogen (secondary N) is 1. The first kappa shape index (κ1) is 15.2. The number of carbonyl (C=O) groups excluding carboxylic acids is 1. The molecule has 1 heterocycles. The summed E-state index contributed by atoms with van der Waals surface area (Å²) >= 11 is 0. The van der Waals surface area contributed by atoms with Crippen molar-refractivity contribution in [1.82, 2.24) is 10.5 Å². The maximum absolute atomic E-state index is 11.9. The fourth-order valence-corrected chi connectivity index (χ4v) is 1.78. The number of hydrogen-bond donors (Lipinski definition) is 2. The van der Waals surface area contributed by atoms with Crippen LogP contribution >= 0.6 is 0 Å². The van der Waals surface area contributed by atoms with Crippen molar-refractivity contribution in [2.24, 2.45) is 5.41 Å². The van der Waals surface area contributed by atoms with Gasteiger partial charge < -0.3 is 14.9 Å². The molecule has 0 bridgehead atoms. The summed E-state index contributed by atoms with van der Waals surface area (Å²) in [4.78, 5) is 23.1. The van der Waals surface area contributed by atoms with Gasteiger partial charge in [-0.2, -0.15) is 0 Å². The molecule has 1 aromatic rings. The van der Waals surface area contributed by atoms with Crippen molar-refractivity contribution >= 4 is 11.9 Å². The summed E-state index contributed by atoms with van der Waals surface area (Å²) in [5.41, 5.74) is 0.797. The minimum Gasteiger partial charge on any atom is -0.480 e. The third kappa shape index (κ3) is 3.81. The van der Waals surface area contributed by atoms with Crippen LogP contribution in [0.3, 0.4) is 0 Å². The van der Waals surface area contributed by atoms with Crippen molar-refractivity contribution < 1.29 is 19.2 Å². The van der Waals surface area contributed by atoms with Crippen LogP contribution in [-0.4, -0.2) is 28.2 Å². The van der Waals surface area contributed by atoms with E-state index in [4.69, 9.17) is 9.63 Å². The molecule has 0 unspecified atom stereocenters. The minimum atomic E-state index is -1.04. The molecule has 1 amide bonds. The van der Waals surface area contributed by atoms with Gasteiger partial charge >= 0.3 is 5.97 Å². The summed E-state index contributed by atoms with van der Waals surface area (Å²) in [7, 11) is 0. The first-order chi connectivity index (χ1) is 8.62. The summed E-state index contributed by atoms with van der Waals surface area (Å²) in [6, 6.07) is -0.930. The summed E-state index contributed by atoms with van der Waals surface area (Å²) in [6.45, 7) is 8.77. The van der Waals surface area contributed by atoms with Crippen molar-refractivity contribution in [3.05, 3.63) is 17.0 Å². The van der Waals surface area contributed by atoms with Crippen LogP contribution < -0.4 is 5.32 Å². The zero-order valence-electron chi connectivity index (χ0n) is 11.9. The molecular weight excluding hydrogens is 248 g/mol. The van der Waals surface area contributed by atoms with Crippen LogP contribution in [0.2, 0.25) is 0 Å². The first-order valence-corrected chi connectivity index (χ1v) is 6.07. The predicted molar refractivity (Wildman–Crippen MR) is 68.7 cm³/mol. The van der Waals surface area contributed by atoms with Crippen molar-refractivity contribution in [1.29, 1.82) is 0 Å². The van der Waals surface area contributed by atoms with Crippen LogP contribution in [0.5, 0.6) is 0 Å². The number of hydrogen-bond acceptors (Lipinski definition) is 4. The van der Waals surface area contributed by atoms with E-state index in [1.165, 1.54) is 0 Å². The molecule has 0 saturated heterocycles. The van der Waals surface area contributed by atoms with Crippen LogP contribution in [0.1, 0.15) is 37.8 Å². The number of amides is 1. The number of aryl methyl sites for hydroxylation is 2. The fraction of sp³-hybridized carbons (Fsp3) is 0.615. The predicted octanol–water partition coefficient (Wildman–Crippen LogP) is 1.45. The molecule has 0 saturated carbocycles. The summed E-state index contributed by atoms with van der Waals surface area (Å²) < 4.78 is 4.97. The number of aromatic nitrogens is 1. The lowest BCUT2D eigenvalue weighted by Crippen LogP contribution is -2.49. The van der Waals surface area contributed by atoms with Gasteiger partial charge in [-0.3, -0.25) is 4.79 Å². The summed E-state index contributed by atoms with van der Waals surface area (Å²) in [5.74, 6) is -0.813. The number of nitrogens with zero attached hydrogens (tertiary/aromatic N) is 1. The maximum Gasteiger partial charge on any atom is 0.326 e. The molecule has 0 aliphatic rings. The SMILES string of the molecule is Cc1noc(C)c1CC(=O)N[C@@H](C(=O)O)C(C)(C)C. The molecule has 1 rings (SSSR count). The van der Waals surface area contributed by atoms with Crippen molar-refractivity contribution in [2.45, 2.75) is 47.1 Å². The minimum absolute atomic E-state index is 0.0705. The van der Waals surface area contributed by atoms with Crippen LogP contribution in [0.15, 0.2) is 4.52 Å². The average Bonchev–Trinajstić information content (AvgIpc) is 2.55. The first-order valence-electron chi connectivity index (χ1n) is 6.07. The van der Waals surface area contributed by atoms with Gasteiger partial charge in [0.1, 0.15) is 11.8 Å². The number of aliphatic carboxylic acids is 1. The molecule has 0 fully saturated rings. The molecule has 1 aromatic heterocycles.